The van der Waals surface area contributed by atoms with Gasteiger partial charge < -0.3 is 10.1 Å². The molecule has 4 rings (SSSR count). The first kappa shape index (κ1) is 19.9. The number of benzene rings is 3. The Morgan fingerprint density at radius 1 is 1.03 bits per heavy atom. The summed E-state index contributed by atoms with van der Waals surface area (Å²) in [5.41, 5.74) is 3.37. The monoisotopic (exact) mass is 418 g/mol. The number of ether oxygens (including phenoxy) is 1. The van der Waals surface area contributed by atoms with Crippen LogP contribution in [-0.2, 0) is 11.4 Å². The van der Waals surface area contributed by atoms with Gasteiger partial charge in [-0.3, -0.25) is 4.79 Å². The lowest BCUT2D eigenvalue weighted by Gasteiger charge is -2.07. The minimum absolute atomic E-state index is 0.191. The van der Waals surface area contributed by atoms with Crippen LogP contribution >= 0.6 is 11.8 Å². The highest BCUT2D eigenvalue weighted by Crippen LogP contribution is 2.29. The average Bonchev–Trinajstić information content (AvgIpc) is 3.09. The van der Waals surface area contributed by atoms with Crippen molar-refractivity contribution in [1.29, 1.82) is 0 Å². The number of amidine groups is 1. The first-order valence-corrected chi connectivity index (χ1v) is 10.2. The predicted molar refractivity (Wildman–Crippen MR) is 119 cm³/mol. The van der Waals surface area contributed by atoms with E-state index in [1.165, 1.54) is 23.4 Å². The third kappa shape index (κ3) is 4.96. The molecule has 0 aromatic heterocycles. The zero-order chi connectivity index (χ0) is 20.9. The molecule has 1 aliphatic rings. The molecule has 0 spiro atoms. The summed E-state index contributed by atoms with van der Waals surface area (Å²) >= 11 is 1.18. The normalized spacial score (nSPS) is 16.1. The van der Waals surface area contributed by atoms with Gasteiger partial charge in [0.15, 0.2) is 5.17 Å². The number of carbonyl (C=O) groups is 1. The van der Waals surface area contributed by atoms with Crippen molar-refractivity contribution in [2.45, 2.75) is 13.5 Å². The molecule has 0 bridgehead atoms. The summed E-state index contributed by atoms with van der Waals surface area (Å²) in [6, 6.07) is 21.9. The second-order valence-corrected chi connectivity index (χ2v) is 7.81. The fourth-order valence-electron chi connectivity index (χ4n) is 2.79. The van der Waals surface area contributed by atoms with E-state index in [0.29, 0.717) is 16.7 Å². The number of nitrogens with zero attached hydrogens (tertiary/aromatic N) is 1. The zero-order valence-corrected chi connectivity index (χ0v) is 17.1. The summed E-state index contributed by atoms with van der Waals surface area (Å²) in [4.78, 5) is 16.9. The lowest BCUT2D eigenvalue weighted by molar-refractivity contribution is -0.115. The van der Waals surface area contributed by atoms with E-state index in [4.69, 9.17) is 4.74 Å². The van der Waals surface area contributed by atoms with E-state index >= 15 is 0 Å². The highest BCUT2D eigenvalue weighted by atomic mass is 32.2. The molecule has 1 heterocycles. The van der Waals surface area contributed by atoms with Crippen LogP contribution < -0.4 is 10.1 Å². The number of hydrogen-bond donors (Lipinski definition) is 1. The first-order chi connectivity index (χ1) is 14.6. The summed E-state index contributed by atoms with van der Waals surface area (Å²) in [5, 5.41) is 3.02. The third-order valence-corrected chi connectivity index (χ3v) is 5.34. The van der Waals surface area contributed by atoms with E-state index in [0.717, 1.165) is 16.9 Å². The van der Waals surface area contributed by atoms with Crippen LogP contribution in [0.15, 0.2) is 82.7 Å². The molecule has 3 aromatic carbocycles. The number of aryl methyl sites for hydroxylation is 1. The van der Waals surface area contributed by atoms with E-state index in [-0.39, 0.29) is 11.6 Å². The van der Waals surface area contributed by atoms with E-state index in [1.807, 2.05) is 36.4 Å². The molecule has 1 fully saturated rings. The van der Waals surface area contributed by atoms with Gasteiger partial charge in [-0.2, -0.15) is 0 Å². The molecule has 0 saturated carbocycles. The number of carbonyl (C=O) groups excluding carboxylic acids is 1. The second-order valence-electron chi connectivity index (χ2n) is 6.78. The predicted octanol–water partition coefficient (Wildman–Crippen LogP) is 5.60. The van der Waals surface area contributed by atoms with Crippen LogP contribution in [0.5, 0.6) is 5.75 Å². The van der Waals surface area contributed by atoms with Gasteiger partial charge in [-0.15, -0.1) is 0 Å². The Morgan fingerprint density at radius 2 is 1.77 bits per heavy atom. The van der Waals surface area contributed by atoms with Crippen LogP contribution in [0.1, 0.15) is 16.7 Å². The Morgan fingerprint density at radius 3 is 2.50 bits per heavy atom. The fourth-order valence-corrected chi connectivity index (χ4v) is 3.63. The van der Waals surface area contributed by atoms with Gasteiger partial charge in [-0.1, -0.05) is 54.1 Å². The molecule has 1 saturated heterocycles. The summed E-state index contributed by atoms with van der Waals surface area (Å²) in [6.07, 6.45) is 1.77. The Bertz CT molecular complexity index is 1120. The molecule has 0 unspecified atom stereocenters. The summed E-state index contributed by atoms with van der Waals surface area (Å²) < 4.78 is 19.6. The zero-order valence-electron chi connectivity index (χ0n) is 16.3. The first-order valence-electron chi connectivity index (χ1n) is 9.39. The molecule has 1 aliphatic heterocycles. The lowest BCUT2D eigenvalue weighted by atomic mass is 10.1. The number of thioether (sulfide) groups is 1. The van der Waals surface area contributed by atoms with E-state index < -0.39 is 5.82 Å². The minimum Gasteiger partial charge on any atom is -0.489 e. The van der Waals surface area contributed by atoms with Gasteiger partial charge in [0.25, 0.3) is 5.91 Å². The molecule has 1 N–H and O–H groups in total. The molecule has 150 valence electrons. The quantitative estimate of drug-likeness (QED) is 0.549. The van der Waals surface area contributed by atoms with Gasteiger partial charge in [0.05, 0.1) is 4.91 Å². The lowest BCUT2D eigenvalue weighted by Crippen LogP contribution is -2.19. The molecule has 1 amide bonds. The number of aliphatic imine (C=N–C) groups is 1. The molecule has 0 atom stereocenters. The highest BCUT2D eigenvalue weighted by molar-refractivity contribution is 8.18. The van der Waals surface area contributed by atoms with Crippen LogP contribution in [-0.4, -0.2) is 11.1 Å². The Labute approximate surface area is 178 Å². The van der Waals surface area contributed by atoms with Gasteiger partial charge in [-0.25, -0.2) is 9.38 Å². The fraction of sp³-hybridized carbons (Fsp3) is 0.0833. The molecule has 0 aliphatic carbocycles. The third-order valence-electron chi connectivity index (χ3n) is 4.43. The number of nitrogens with one attached hydrogen (secondary N) is 1. The van der Waals surface area contributed by atoms with Crippen molar-refractivity contribution in [1.82, 2.24) is 5.32 Å². The van der Waals surface area contributed by atoms with Gasteiger partial charge in [-0.05, 0) is 60.2 Å². The van der Waals surface area contributed by atoms with Gasteiger partial charge in [0.2, 0.25) is 0 Å². The second kappa shape index (κ2) is 8.97. The molecule has 0 radical (unpaired) electrons. The Kier molecular flexibility index (Phi) is 5.95. The van der Waals surface area contributed by atoms with Crippen LogP contribution in [0.2, 0.25) is 0 Å². The van der Waals surface area contributed by atoms with E-state index in [1.54, 1.807) is 24.3 Å². The van der Waals surface area contributed by atoms with Crippen LogP contribution in [0.4, 0.5) is 10.1 Å². The maximum atomic E-state index is 13.8. The van der Waals surface area contributed by atoms with Gasteiger partial charge >= 0.3 is 0 Å². The maximum Gasteiger partial charge on any atom is 0.264 e. The summed E-state index contributed by atoms with van der Waals surface area (Å²) in [6.45, 7) is 2.55. The van der Waals surface area contributed by atoms with E-state index in [2.05, 4.69) is 29.4 Å². The smallest absolute Gasteiger partial charge is 0.264 e. The van der Waals surface area contributed by atoms with Gasteiger partial charge in [0.1, 0.15) is 23.9 Å². The molecule has 3 aromatic rings. The Balaban J connectivity index is 1.41. The molecule has 30 heavy (non-hydrogen) atoms. The van der Waals surface area contributed by atoms with Crippen molar-refractivity contribution >= 4 is 34.6 Å². The number of hydrogen-bond acceptors (Lipinski definition) is 4. The topological polar surface area (TPSA) is 50.7 Å². The van der Waals surface area contributed by atoms with Crippen molar-refractivity contribution in [2.75, 3.05) is 0 Å². The Hall–Kier alpha value is -3.38. The molecular formula is C24H19FN2O2S. The van der Waals surface area contributed by atoms with Crippen molar-refractivity contribution < 1.29 is 13.9 Å². The minimum atomic E-state index is -0.432. The number of para-hydroxylation sites is 1. The molecule has 6 heteroatoms. The maximum absolute atomic E-state index is 13.8. The van der Waals surface area contributed by atoms with Crippen LogP contribution in [0.25, 0.3) is 6.08 Å². The van der Waals surface area contributed by atoms with Crippen molar-refractivity contribution in [3.63, 3.8) is 0 Å². The number of rotatable bonds is 5. The van der Waals surface area contributed by atoms with Gasteiger partial charge in [0, 0.05) is 0 Å². The van der Waals surface area contributed by atoms with E-state index in [9.17, 15) is 9.18 Å². The number of amides is 1. The highest BCUT2D eigenvalue weighted by Gasteiger charge is 2.24. The van der Waals surface area contributed by atoms with Crippen LogP contribution in [0, 0.1) is 12.7 Å². The van der Waals surface area contributed by atoms with Crippen molar-refractivity contribution in [3.8, 4) is 5.75 Å². The van der Waals surface area contributed by atoms with Crippen molar-refractivity contribution in [3.05, 3.63) is 100 Å². The standard InChI is InChI=1S/C24H19FN2O2S/c1-16-6-8-18(9-7-16)15-29-19-12-10-17(11-13-19)14-22-23(28)27-24(30-22)26-21-5-3-2-4-20(21)25/h2-14H,15H2,1H3,(H,26,27,28). The average molecular weight is 418 g/mol. The summed E-state index contributed by atoms with van der Waals surface area (Å²) in [5.74, 6) is 0.0661. The largest absolute Gasteiger partial charge is 0.489 e. The number of halogens is 1. The molecular weight excluding hydrogens is 399 g/mol. The molecule has 4 nitrogen and oxygen atoms in total. The summed E-state index contributed by atoms with van der Waals surface area (Å²) in [7, 11) is 0. The van der Waals surface area contributed by atoms with Crippen LogP contribution in [0.3, 0.4) is 0 Å². The van der Waals surface area contributed by atoms with Crippen molar-refractivity contribution in [2.24, 2.45) is 4.99 Å². The SMILES string of the molecule is Cc1ccc(COc2ccc(C=C3SC(=Nc4ccccc4F)NC3=O)cc2)cc1.